The number of aromatic nitrogens is 1. The summed E-state index contributed by atoms with van der Waals surface area (Å²) < 4.78 is 61.1. The lowest BCUT2D eigenvalue weighted by Crippen LogP contribution is -2.14. The monoisotopic (exact) mass is 515 g/mol. The molecule has 1 aromatic heterocycles. The molecule has 2 aromatic carbocycles. The van der Waals surface area contributed by atoms with E-state index in [0.29, 0.717) is 36.9 Å². The standard InChI is InChI=1S/C27H25F4N3O3/c1-27(30,31)18-8-9-20(28)22(14-18)33-25(35)4-2-3-16-5-10-23(21(29)13-16)37-19-11-12-32-24(15-19)34-26(36)17-6-7-17/h5,8-15,17H,2-4,6-7H2,1H3,(H,33,35)(H,32,34,36). The van der Waals surface area contributed by atoms with Crippen LogP contribution in [0.1, 0.15) is 43.7 Å². The Morgan fingerprint density at radius 1 is 1.03 bits per heavy atom. The van der Waals surface area contributed by atoms with Crippen molar-refractivity contribution in [3.63, 3.8) is 0 Å². The number of hydrogen-bond donors (Lipinski definition) is 2. The lowest BCUT2D eigenvalue weighted by atomic mass is 10.1. The Bertz CT molecular complexity index is 1310. The molecule has 0 aliphatic heterocycles. The van der Waals surface area contributed by atoms with Crippen LogP contribution in [0, 0.1) is 17.6 Å². The number of aryl methyl sites for hydroxylation is 1. The minimum absolute atomic E-state index is 0.0155. The molecular formula is C27H25F4N3O3. The van der Waals surface area contributed by atoms with Gasteiger partial charge in [0.25, 0.3) is 5.92 Å². The van der Waals surface area contributed by atoms with Gasteiger partial charge in [0.1, 0.15) is 17.4 Å². The van der Waals surface area contributed by atoms with Crippen molar-refractivity contribution in [3.05, 3.63) is 77.5 Å². The molecule has 1 fully saturated rings. The molecule has 2 N–H and O–H groups in total. The van der Waals surface area contributed by atoms with E-state index in [1.54, 1.807) is 12.1 Å². The molecule has 2 amide bonds. The van der Waals surface area contributed by atoms with E-state index in [4.69, 9.17) is 4.74 Å². The summed E-state index contributed by atoms with van der Waals surface area (Å²) in [6, 6.07) is 10.2. The van der Waals surface area contributed by atoms with Gasteiger partial charge in [-0.15, -0.1) is 0 Å². The van der Waals surface area contributed by atoms with Gasteiger partial charge >= 0.3 is 0 Å². The molecule has 0 spiro atoms. The average molecular weight is 516 g/mol. The van der Waals surface area contributed by atoms with Gasteiger partial charge in [-0.25, -0.2) is 22.5 Å². The molecule has 37 heavy (non-hydrogen) atoms. The quantitative estimate of drug-likeness (QED) is 0.299. The van der Waals surface area contributed by atoms with E-state index in [2.05, 4.69) is 15.6 Å². The molecule has 194 valence electrons. The maximum atomic E-state index is 14.6. The first kappa shape index (κ1) is 26.1. The van der Waals surface area contributed by atoms with Gasteiger partial charge in [0.15, 0.2) is 11.6 Å². The lowest BCUT2D eigenvalue weighted by Gasteiger charge is -2.13. The van der Waals surface area contributed by atoms with Crippen molar-refractivity contribution in [1.29, 1.82) is 0 Å². The van der Waals surface area contributed by atoms with Crippen LogP contribution in [-0.2, 0) is 21.9 Å². The molecule has 1 aliphatic rings. The third-order valence-corrected chi connectivity index (χ3v) is 5.77. The second-order valence-electron chi connectivity index (χ2n) is 8.99. The number of pyridine rings is 1. The molecule has 0 unspecified atom stereocenters. The third-order valence-electron chi connectivity index (χ3n) is 5.77. The summed E-state index contributed by atoms with van der Waals surface area (Å²) >= 11 is 0. The number of rotatable bonds is 10. The number of alkyl halides is 2. The van der Waals surface area contributed by atoms with Crippen molar-refractivity contribution in [2.45, 2.75) is 45.0 Å². The molecule has 6 nitrogen and oxygen atoms in total. The fourth-order valence-electron chi connectivity index (χ4n) is 3.59. The van der Waals surface area contributed by atoms with Gasteiger partial charge in [-0.1, -0.05) is 12.1 Å². The first-order chi connectivity index (χ1) is 17.6. The van der Waals surface area contributed by atoms with Gasteiger partial charge in [0.2, 0.25) is 11.8 Å². The summed E-state index contributed by atoms with van der Waals surface area (Å²) in [6.45, 7) is 0.686. The van der Waals surface area contributed by atoms with E-state index in [1.165, 1.54) is 24.4 Å². The van der Waals surface area contributed by atoms with Gasteiger partial charge in [-0.3, -0.25) is 9.59 Å². The number of hydrogen-bond acceptors (Lipinski definition) is 4. The molecule has 0 radical (unpaired) electrons. The molecule has 0 bridgehead atoms. The van der Waals surface area contributed by atoms with Crippen LogP contribution in [0.15, 0.2) is 54.7 Å². The zero-order valence-corrected chi connectivity index (χ0v) is 20.0. The Morgan fingerprint density at radius 3 is 2.51 bits per heavy atom. The summed E-state index contributed by atoms with van der Waals surface area (Å²) in [7, 11) is 0. The van der Waals surface area contributed by atoms with Crippen molar-refractivity contribution in [2.24, 2.45) is 5.92 Å². The van der Waals surface area contributed by atoms with Gasteiger partial charge in [-0.05, 0) is 61.6 Å². The Labute approximate surface area is 211 Å². The molecule has 1 aliphatic carbocycles. The number of anilines is 2. The summed E-state index contributed by atoms with van der Waals surface area (Å²) in [5, 5.41) is 5.01. The zero-order valence-electron chi connectivity index (χ0n) is 20.0. The van der Waals surface area contributed by atoms with E-state index >= 15 is 0 Å². The minimum atomic E-state index is -3.17. The average Bonchev–Trinajstić information content (AvgIpc) is 3.67. The molecule has 1 saturated carbocycles. The van der Waals surface area contributed by atoms with Crippen LogP contribution in [0.3, 0.4) is 0 Å². The number of ether oxygens (including phenoxy) is 1. The smallest absolute Gasteiger partial charge is 0.270 e. The van der Waals surface area contributed by atoms with Crippen molar-refractivity contribution in [3.8, 4) is 11.5 Å². The van der Waals surface area contributed by atoms with Crippen LogP contribution < -0.4 is 15.4 Å². The fourth-order valence-corrected chi connectivity index (χ4v) is 3.59. The van der Waals surface area contributed by atoms with Crippen LogP contribution in [0.4, 0.5) is 29.1 Å². The van der Waals surface area contributed by atoms with Crippen molar-refractivity contribution < 1.29 is 31.9 Å². The maximum absolute atomic E-state index is 14.6. The fraction of sp³-hybridized carbons (Fsp3) is 0.296. The molecule has 3 aromatic rings. The lowest BCUT2D eigenvalue weighted by molar-refractivity contribution is -0.117. The molecule has 4 rings (SSSR count). The van der Waals surface area contributed by atoms with Crippen molar-refractivity contribution in [1.82, 2.24) is 4.98 Å². The number of carbonyl (C=O) groups is 2. The predicted molar refractivity (Wildman–Crippen MR) is 130 cm³/mol. The predicted octanol–water partition coefficient (Wildman–Crippen LogP) is 6.57. The SMILES string of the molecule is CC(F)(F)c1ccc(F)c(NC(=O)CCCc2ccc(Oc3ccnc(NC(=O)C4CC4)c3)c(F)c2)c1. The zero-order chi connectivity index (χ0) is 26.6. The number of nitrogens with zero attached hydrogens (tertiary/aromatic N) is 1. The molecule has 0 atom stereocenters. The van der Waals surface area contributed by atoms with Crippen molar-refractivity contribution in [2.75, 3.05) is 10.6 Å². The number of nitrogens with one attached hydrogen (secondary N) is 2. The Hall–Kier alpha value is -3.95. The van der Waals surface area contributed by atoms with Gasteiger partial charge < -0.3 is 15.4 Å². The summed E-state index contributed by atoms with van der Waals surface area (Å²) in [5.74, 6) is -4.61. The Morgan fingerprint density at radius 2 is 1.81 bits per heavy atom. The first-order valence-corrected chi connectivity index (χ1v) is 11.8. The summed E-state index contributed by atoms with van der Waals surface area (Å²) in [5.41, 5.74) is -0.112. The Kier molecular flexibility index (Phi) is 7.75. The number of amides is 2. The number of benzene rings is 2. The summed E-state index contributed by atoms with van der Waals surface area (Å²) in [4.78, 5) is 28.2. The topological polar surface area (TPSA) is 80.3 Å². The summed E-state index contributed by atoms with van der Waals surface area (Å²) in [6.07, 6.45) is 3.83. The maximum Gasteiger partial charge on any atom is 0.270 e. The highest BCUT2D eigenvalue weighted by molar-refractivity contribution is 5.93. The largest absolute Gasteiger partial charge is 0.454 e. The van der Waals surface area contributed by atoms with Crippen LogP contribution in [-0.4, -0.2) is 16.8 Å². The third kappa shape index (κ3) is 7.28. The van der Waals surface area contributed by atoms with Crippen LogP contribution >= 0.6 is 0 Å². The molecular weight excluding hydrogens is 490 g/mol. The number of carbonyl (C=O) groups excluding carboxylic acids is 2. The molecule has 10 heteroatoms. The normalized spacial score (nSPS) is 13.2. The van der Waals surface area contributed by atoms with E-state index < -0.39 is 29.0 Å². The van der Waals surface area contributed by atoms with Gasteiger partial charge in [0.05, 0.1) is 5.69 Å². The minimum Gasteiger partial charge on any atom is -0.454 e. The van der Waals surface area contributed by atoms with E-state index in [-0.39, 0.29) is 29.7 Å². The molecule has 1 heterocycles. The van der Waals surface area contributed by atoms with Crippen molar-refractivity contribution >= 4 is 23.3 Å². The second-order valence-corrected chi connectivity index (χ2v) is 8.99. The van der Waals surface area contributed by atoms with E-state index in [9.17, 15) is 27.2 Å². The van der Waals surface area contributed by atoms with Crippen LogP contribution in [0.2, 0.25) is 0 Å². The first-order valence-electron chi connectivity index (χ1n) is 11.8. The highest BCUT2D eigenvalue weighted by Crippen LogP contribution is 2.32. The van der Waals surface area contributed by atoms with E-state index in [0.717, 1.165) is 31.0 Å². The van der Waals surface area contributed by atoms with Crippen LogP contribution in [0.25, 0.3) is 0 Å². The number of halogens is 4. The van der Waals surface area contributed by atoms with Gasteiger partial charge in [0, 0.05) is 37.1 Å². The molecule has 0 saturated heterocycles. The van der Waals surface area contributed by atoms with Gasteiger partial charge in [-0.2, -0.15) is 0 Å². The highest BCUT2D eigenvalue weighted by Gasteiger charge is 2.30. The van der Waals surface area contributed by atoms with Crippen LogP contribution in [0.5, 0.6) is 11.5 Å². The Balaban J connectivity index is 1.29. The second kappa shape index (κ2) is 11.0. The highest BCUT2D eigenvalue weighted by atomic mass is 19.3. The van der Waals surface area contributed by atoms with E-state index in [1.807, 2.05) is 0 Å².